The molecule has 0 atom stereocenters. The molecule has 2 aromatic rings. The average Bonchev–Trinajstić information content (AvgIpc) is 3.26. The van der Waals surface area contributed by atoms with Crippen LogP contribution >= 0.6 is 0 Å². The third kappa shape index (κ3) is 5.12. The molecule has 0 unspecified atom stereocenters. The van der Waals surface area contributed by atoms with Crippen LogP contribution in [0.3, 0.4) is 0 Å². The van der Waals surface area contributed by atoms with Crippen molar-refractivity contribution in [2.45, 2.75) is 53.2 Å². The maximum atomic E-state index is 12.5. The number of aliphatic imine (C=N–C) groups is 1. The molecule has 0 spiro atoms. The Kier molecular flexibility index (Phi) is 6.68. The van der Waals surface area contributed by atoms with Crippen molar-refractivity contribution in [3.8, 4) is 0 Å². The first-order valence-electron chi connectivity index (χ1n) is 9.86. The summed E-state index contributed by atoms with van der Waals surface area (Å²) in [6.45, 7) is 9.12. The second-order valence-corrected chi connectivity index (χ2v) is 6.99. The zero-order valence-corrected chi connectivity index (χ0v) is 16.9. The molecule has 3 rings (SSSR count). The van der Waals surface area contributed by atoms with Gasteiger partial charge >= 0.3 is 0 Å². The Morgan fingerprint density at radius 3 is 2.54 bits per heavy atom. The Balaban J connectivity index is 1.42. The van der Waals surface area contributed by atoms with Crippen LogP contribution in [-0.4, -0.2) is 34.8 Å². The summed E-state index contributed by atoms with van der Waals surface area (Å²) in [5, 5.41) is 6.48. The molecule has 2 heterocycles. The van der Waals surface area contributed by atoms with Crippen molar-refractivity contribution in [2.75, 3.05) is 13.1 Å². The molecular formula is C21H29N5O2. The first-order valence-corrected chi connectivity index (χ1v) is 9.86. The van der Waals surface area contributed by atoms with E-state index in [9.17, 15) is 4.79 Å². The van der Waals surface area contributed by atoms with Gasteiger partial charge in [-0.05, 0) is 38.3 Å². The minimum atomic E-state index is 0.200. The van der Waals surface area contributed by atoms with Crippen LogP contribution in [0.1, 0.15) is 48.2 Å². The fourth-order valence-electron chi connectivity index (χ4n) is 3.21. The van der Waals surface area contributed by atoms with E-state index in [1.165, 1.54) is 11.1 Å². The number of hydrogen-bond donors (Lipinski definition) is 2. The molecule has 1 aromatic heterocycles. The normalized spacial score (nSPS) is 13.5. The first-order chi connectivity index (χ1) is 13.6. The van der Waals surface area contributed by atoms with E-state index in [1.807, 2.05) is 37.8 Å². The van der Waals surface area contributed by atoms with E-state index in [-0.39, 0.29) is 5.91 Å². The highest BCUT2D eigenvalue weighted by atomic mass is 16.4. The summed E-state index contributed by atoms with van der Waals surface area (Å²) >= 11 is 0. The number of carbonyl (C=O) groups excluding carboxylic acids is 1. The molecule has 0 aliphatic carbocycles. The maximum absolute atomic E-state index is 12.5. The summed E-state index contributed by atoms with van der Waals surface area (Å²) < 4.78 is 5.56. The summed E-state index contributed by atoms with van der Waals surface area (Å²) in [5.41, 5.74) is 3.41. The van der Waals surface area contributed by atoms with Crippen molar-refractivity contribution in [3.63, 3.8) is 0 Å². The lowest BCUT2D eigenvalue weighted by Gasteiger charge is -2.16. The zero-order chi connectivity index (χ0) is 19.9. The van der Waals surface area contributed by atoms with Gasteiger partial charge in [-0.2, -0.15) is 0 Å². The molecule has 1 aliphatic heterocycles. The number of nitrogens with zero attached hydrogens (tertiary/aromatic N) is 3. The molecule has 0 saturated heterocycles. The zero-order valence-electron chi connectivity index (χ0n) is 16.9. The van der Waals surface area contributed by atoms with Crippen molar-refractivity contribution in [1.82, 2.24) is 20.5 Å². The third-order valence-electron chi connectivity index (χ3n) is 4.84. The number of amides is 1. The van der Waals surface area contributed by atoms with Crippen molar-refractivity contribution >= 4 is 11.9 Å². The average molecular weight is 383 g/mol. The second kappa shape index (κ2) is 9.39. The van der Waals surface area contributed by atoms with E-state index >= 15 is 0 Å². The molecule has 0 fully saturated rings. The minimum absolute atomic E-state index is 0.200. The predicted octanol–water partition coefficient (Wildman–Crippen LogP) is 2.67. The number of aryl methyl sites for hydroxylation is 2. The molecule has 28 heavy (non-hydrogen) atoms. The van der Waals surface area contributed by atoms with Gasteiger partial charge in [0.1, 0.15) is 12.3 Å². The number of fused-ring (bicyclic) bond motifs is 1. The lowest BCUT2D eigenvalue weighted by molar-refractivity contribution is -0.131. The lowest BCUT2D eigenvalue weighted by Crippen LogP contribution is -2.38. The summed E-state index contributed by atoms with van der Waals surface area (Å²) in [6, 6.07) is 8.25. The van der Waals surface area contributed by atoms with Gasteiger partial charge in [-0.3, -0.25) is 4.79 Å². The third-order valence-corrected chi connectivity index (χ3v) is 4.84. The van der Waals surface area contributed by atoms with Crippen LogP contribution in [0.15, 0.2) is 33.7 Å². The Labute approximate surface area is 166 Å². The van der Waals surface area contributed by atoms with E-state index in [0.717, 1.165) is 37.5 Å². The standard InChI is InChI=1S/C21H29N5O2/c1-4-22-21(24-12-19-25-15(2)16(3)28-19)23-11-7-10-20(27)26-13-17-8-5-6-9-18(17)14-26/h5-6,8-9H,4,7,10-14H2,1-3H3,(H2,22,23,24). The number of guanidine groups is 1. The molecule has 0 radical (unpaired) electrons. The Bertz CT molecular complexity index is 799. The number of rotatable bonds is 7. The Morgan fingerprint density at radius 2 is 1.93 bits per heavy atom. The molecule has 0 bridgehead atoms. The summed E-state index contributed by atoms with van der Waals surface area (Å²) in [6.07, 6.45) is 1.28. The quantitative estimate of drug-likeness (QED) is 0.436. The van der Waals surface area contributed by atoms with E-state index in [0.29, 0.717) is 31.4 Å². The van der Waals surface area contributed by atoms with Gasteiger partial charge in [0.25, 0.3) is 0 Å². The van der Waals surface area contributed by atoms with Gasteiger partial charge in [0, 0.05) is 32.6 Å². The number of benzene rings is 1. The van der Waals surface area contributed by atoms with E-state index in [4.69, 9.17) is 4.42 Å². The molecular weight excluding hydrogens is 354 g/mol. The number of carbonyl (C=O) groups is 1. The SMILES string of the molecule is CCNC(=NCc1nc(C)c(C)o1)NCCCC(=O)N1Cc2ccccc2C1. The molecule has 2 N–H and O–H groups in total. The fourth-order valence-corrected chi connectivity index (χ4v) is 3.21. The summed E-state index contributed by atoms with van der Waals surface area (Å²) in [5.74, 6) is 2.34. The van der Waals surface area contributed by atoms with Gasteiger partial charge in [0.2, 0.25) is 11.8 Å². The minimum Gasteiger partial charge on any atom is -0.444 e. The van der Waals surface area contributed by atoms with Crippen LogP contribution in [0.5, 0.6) is 0 Å². The largest absolute Gasteiger partial charge is 0.444 e. The van der Waals surface area contributed by atoms with E-state index in [1.54, 1.807) is 0 Å². The fraction of sp³-hybridized carbons (Fsp3) is 0.476. The first kappa shape index (κ1) is 19.9. The molecule has 1 aromatic carbocycles. The summed E-state index contributed by atoms with van der Waals surface area (Å²) in [7, 11) is 0. The highest BCUT2D eigenvalue weighted by Crippen LogP contribution is 2.22. The molecule has 1 amide bonds. The number of oxazole rings is 1. The number of hydrogen-bond acceptors (Lipinski definition) is 4. The van der Waals surface area contributed by atoms with Gasteiger partial charge in [-0.1, -0.05) is 24.3 Å². The van der Waals surface area contributed by atoms with Crippen LogP contribution in [0.25, 0.3) is 0 Å². The highest BCUT2D eigenvalue weighted by molar-refractivity contribution is 5.80. The molecule has 0 saturated carbocycles. The summed E-state index contributed by atoms with van der Waals surface area (Å²) in [4.78, 5) is 23.2. The Hall–Kier alpha value is -2.83. The van der Waals surface area contributed by atoms with Crippen LogP contribution in [-0.2, 0) is 24.4 Å². The van der Waals surface area contributed by atoms with Crippen molar-refractivity contribution in [1.29, 1.82) is 0 Å². The number of nitrogens with one attached hydrogen (secondary N) is 2. The van der Waals surface area contributed by atoms with E-state index < -0.39 is 0 Å². The molecule has 7 nitrogen and oxygen atoms in total. The predicted molar refractivity (Wildman–Crippen MR) is 109 cm³/mol. The molecule has 7 heteroatoms. The molecule has 150 valence electrons. The van der Waals surface area contributed by atoms with E-state index in [2.05, 4.69) is 32.7 Å². The smallest absolute Gasteiger partial charge is 0.223 e. The van der Waals surface area contributed by atoms with Crippen LogP contribution < -0.4 is 10.6 Å². The van der Waals surface area contributed by atoms with Gasteiger partial charge < -0.3 is 20.0 Å². The second-order valence-electron chi connectivity index (χ2n) is 6.99. The monoisotopic (exact) mass is 383 g/mol. The van der Waals surface area contributed by atoms with Crippen molar-refractivity contribution in [2.24, 2.45) is 4.99 Å². The van der Waals surface area contributed by atoms with Crippen LogP contribution in [0.4, 0.5) is 0 Å². The van der Waals surface area contributed by atoms with Gasteiger partial charge in [-0.25, -0.2) is 9.98 Å². The van der Waals surface area contributed by atoms with Crippen molar-refractivity contribution < 1.29 is 9.21 Å². The topological polar surface area (TPSA) is 82.8 Å². The van der Waals surface area contributed by atoms with Gasteiger partial charge in [-0.15, -0.1) is 0 Å². The van der Waals surface area contributed by atoms with Crippen LogP contribution in [0, 0.1) is 13.8 Å². The maximum Gasteiger partial charge on any atom is 0.223 e. The Morgan fingerprint density at radius 1 is 1.21 bits per heavy atom. The van der Waals surface area contributed by atoms with Crippen LogP contribution in [0.2, 0.25) is 0 Å². The van der Waals surface area contributed by atoms with Gasteiger partial charge in [0.15, 0.2) is 5.96 Å². The highest BCUT2D eigenvalue weighted by Gasteiger charge is 2.22. The lowest BCUT2D eigenvalue weighted by atomic mass is 10.1. The van der Waals surface area contributed by atoms with Gasteiger partial charge in [0.05, 0.1) is 5.69 Å². The number of aromatic nitrogens is 1. The van der Waals surface area contributed by atoms with Crippen molar-refractivity contribution in [3.05, 3.63) is 52.7 Å². The molecule has 1 aliphatic rings.